The number of rotatable bonds is 4. The third-order valence-electron chi connectivity index (χ3n) is 1.95. The van der Waals surface area contributed by atoms with Gasteiger partial charge in [0.2, 0.25) is 5.78 Å². The number of carbonyl (C=O) groups excluding carboxylic acids is 1. The van der Waals surface area contributed by atoms with Crippen LogP contribution in [0.4, 0.5) is 0 Å². The van der Waals surface area contributed by atoms with Crippen LogP contribution in [0.15, 0.2) is 17.6 Å². The summed E-state index contributed by atoms with van der Waals surface area (Å²) in [7, 11) is 0. The molecule has 0 aliphatic heterocycles. The Morgan fingerprint density at radius 3 is 3.06 bits per heavy atom. The number of hydrogen-bond acceptors (Lipinski definition) is 5. The second kappa shape index (κ2) is 4.73. The molecule has 84 valence electrons. The average Bonchev–Trinajstić information content (AvgIpc) is 2.87. The van der Waals surface area contributed by atoms with Gasteiger partial charge in [-0.15, -0.1) is 16.4 Å². The third-order valence-corrected chi connectivity index (χ3v) is 3.29. The fourth-order valence-corrected chi connectivity index (χ4v) is 2.31. The van der Waals surface area contributed by atoms with Gasteiger partial charge < -0.3 is 5.73 Å². The molecule has 0 fully saturated rings. The second-order valence-corrected chi connectivity index (χ2v) is 4.41. The minimum Gasteiger partial charge on any atom is -0.329 e. The number of halogens is 1. The quantitative estimate of drug-likeness (QED) is 0.834. The molecule has 0 aliphatic carbocycles. The van der Waals surface area contributed by atoms with E-state index >= 15 is 0 Å². The molecule has 2 heterocycles. The topological polar surface area (TPSA) is 73.8 Å². The molecule has 2 aromatic rings. The van der Waals surface area contributed by atoms with E-state index in [1.54, 1.807) is 17.6 Å². The maximum absolute atomic E-state index is 11.9. The van der Waals surface area contributed by atoms with Crippen molar-refractivity contribution in [3.05, 3.63) is 33.2 Å². The lowest BCUT2D eigenvalue weighted by Gasteiger charge is -1.93. The van der Waals surface area contributed by atoms with Gasteiger partial charge in [-0.25, -0.2) is 0 Å². The van der Waals surface area contributed by atoms with E-state index in [1.807, 2.05) is 0 Å². The highest BCUT2D eigenvalue weighted by Crippen LogP contribution is 2.24. The first-order chi connectivity index (χ1) is 7.72. The van der Waals surface area contributed by atoms with Crippen LogP contribution >= 0.6 is 22.9 Å². The Balaban J connectivity index is 2.24. The second-order valence-electron chi connectivity index (χ2n) is 3.08. The molecule has 0 radical (unpaired) electrons. The lowest BCUT2D eigenvalue weighted by atomic mass is 10.2. The number of hydrogen-bond donors (Lipinski definition) is 1. The normalized spacial score (nSPS) is 10.6. The monoisotopic (exact) mass is 256 g/mol. The zero-order chi connectivity index (χ0) is 11.5. The first-order valence-electron chi connectivity index (χ1n) is 4.60. The number of aromatic nitrogens is 3. The van der Waals surface area contributed by atoms with Gasteiger partial charge in [-0.1, -0.05) is 16.8 Å². The lowest BCUT2D eigenvalue weighted by Crippen LogP contribution is -2.10. The largest absolute Gasteiger partial charge is 0.329 e. The third kappa shape index (κ3) is 2.13. The fourth-order valence-electron chi connectivity index (χ4n) is 1.22. The first-order valence-corrected chi connectivity index (χ1v) is 5.86. The number of nitrogens with two attached hydrogens (primary N) is 1. The lowest BCUT2D eigenvalue weighted by molar-refractivity contribution is 0.103. The first kappa shape index (κ1) is 11.3. The van der Waals surface area contributed by atoms with Crippen LogP contribution in [0.2, 0.25) is 5.02 Å². The van der Waals surface area contributed by atoms with Crippen LogP contribution in [0.5, 0.6) is 0 Å². The Bertz CT molecular complexity index is 507. The van der Waals surface area contributed by atoms with Crippen molar-refractivity contribution in [2.45, 2.75) is 6.54 Å². The molecule has 2 aromatic heterocycles. The zero-order valence-electron chi connectivity index (χ0n) is 8.26. The zero-order valence-corrected chi connectivity index (χ0v) is 9.83. The number of carbonyl (C=O) groups is 1. The van der Waals surface area contributed by atoms with Gasteiger partial charge >= 0.3 is 0 Å². The van der Waals surface area contributed by atoms with Crippen molar-refractivity contribution in [1.82, 2.24) is 15.0 Å². The summed E-state index contributed by atoms with van der Waals surface area (Å²) in [6, 6.07) is 1.68. The summed E-state index contributed by atoms with van der Waals surface area (Å²) in [5.41, 5.74) is 5.66. The number of ketones is 1. The van der Waals surface area contributed by atoms with Crippen LogP contribution in [-0.4, -0.2) is 27.3 Å². The van der Waals surface area contributed by atoms with Crippen molar-refractivity contribution in [1.29, 1.82) is 0 Å². The van der Waals surface area contributed by atoms with Gasteiger partial charge in [-0.05, 0) is 11.4 Å². The minimum atomic E-state index is -0.205. The van der Waals surface area contributed by atoms with Crippen LogP contribution < -0.4 is 5.73 Å². The molecule has 16 heavy (non-hydrogen) atoms. The highest BCUT2D eigenvalue weighted by atomic mass is 35.5. The van der Waals surface area contributed by atoms with Crippen LogP contribution in [0.3, 0.4) is 0 Å². The molecule has 0 bridgehead atoms. The van der Waals surface area contributed by atoms with E-state index in [1.165, 1.54) is 16.0 Å². The van der Waals surface area contributed by atoms with Gasteiger partial charge in [0.25, 0.3) is 0 Å². The molecule has 7 heteroatoms. The summed E-state index contributed by atoms with van der Waals surface area (Å²) >= 11 is 7.16. The van der Waals surface area contributed by atoms with Gasteiger partial charge in [0.15, 0.2) is 5.69 Å². The van der Waals surface area contributed by atoms with Crippen LogP contribution in [0, 0.1) is 0 Å². The van der Waals surface area contributed by atoms with Crippen molar-refractivity contribution in [3.63, 3.8) is 0 Å². The van der Waals surface area contributed by atoms with E-state index in [0.717, 1.165) is 0 Å². The molecule has 0 saturated heterocycles. The van der Waals surface area contributed by atoms with Gasteiger partial charge in [0, 0.05) is 6.54 Å². The summed E-state index contributed by atoms with van der Waals surface area (Å²) < 4.78 is 1.54. The molecule has 0 atom stereocenters. The van der Waals surface area contributed by atoms with Crippen LogP contribution in [0.1, 0.15) is 15.4 Å². The van der Waals surface area contributed by atoms with Gasteiger partial charge in [0.05, 0.1) is 22.6 Å². The Hall–Kier alpha value is -1.24. The molecule has 0 amide bonds. The van der Waals surface area contributed by atoms with Crippen molar-refractivity contribution in [2.24, 2.45) is 5.73 Å². The van der Waals surface area contributed by atoms with Gasteiger partial charge in [-0.2, -0.15) is 0 Å². The van der Waals surface area contributed by atoms with Gasteiger partial charge in [-0.3, -0.25) is 9.48 Å². The van der Waals surface area contributed by atoms with E-state index in [2.05, 4.69) is 10.3 Å². The highest BCUT2D eigenvalue weighted by molar-refractivity contribution is 7.13. The molecular weight excluding hydrogens is 248 g/mol. The predicted molar refractivity (Wildman–Crippen MR) is 61.8 cm³/mol. The summed E-state index contributed by atoms with van der Waals surface area (Å²) in [5, 5.41) is 9.79. The number of nitrogens with zero attached hydrogens (tertiary/aromatic N) is 3. The van der Waals surface area contributed by atoms with Crippen molar-refractivity contribution in [3.8, 4) is 0 Å². The van der Waals surface area contributed by atoms with E-state index < -0.39 is 0 Å². The highest BCUT2D eigenvalue weighted by Gasteiger charge is 2.17. The van der Waals surface area contributed by atoms with Gasteiger partial charge in [0.1, 0.15) is 0 Å². The van der Waals surface area contributed by atoms with Crippen molar-refractivity contribution < 1.29 is 4.79 Å². The molecule has 0 aromatic carbocycles. The number of thiophene rings is 1. The summed E-state index contributed by atoms with van der Waals surface area (Å²) in [6.07, 6.45) is 1.57. The van der Waals surface area contributed by atoms with E-state index in [4.69, 9.17) is 17.3 Å². The van der Waals surface area contributed by atoms with Crippen LogP contribution in [0.25, 0.3) is 0 Å². The van der Waals surface area contributed by atoms with Crippen molar-refractivity contribution >= 4 is 28.7 Å². The van der Waals surface area contributed by atoms with Crippen LogP contribution in [-0.2, 0) is 6.54 Å². The minimum absolute atomic E-state index is 0.205. The smallest absolute Gasteiger partial charge is 0.226 e. The molecule has 2 N–H and O–H groups in total. The fraction of sp³-hybridized carbons (Fsp3) is 0.222. The molecule has 0 aliphatic rings. The maximum Gasteiger partial charge on any atom is 0.226 e. The molecular formula is C9H9ClN4OS. The average molecular weight is 257 g/mol. The molecule has 5 nitrogen and oxygen atoms in total. The molecule has 2 rings (SSSR count). The Kier molecular flexibility index (Phi) is 3.33. The SMILES string of the molecule is NCCn1cc(C(=O)c2sccc2Cl)nn1. The Morgan fingerprint density at radius 2 is 2.44 bits per heavy atom. The standard InChI is InChI=1S/C9H9ClN4OS/c10-6-1-4-16-9(6)8(15)7-5-14(3-2-11)13-12-7/h1,4-5H,2-3,11H2. The molecule has 0 saturated carbocycles. The van der Waals surface area contributed by atoms with E-state index in [0.29, 0.717) is 23.0 Å². The van der Waals surface area contributed by atoms with E-state index in [-0.39, 0.29) is 11.5 Å². The summed E-state index contributed by atoms with van der Waals surface area (Å²) in [5.74, 6) is -0.205. The Labute approximate surface area is 101 Å². The molecule has 0 unspecified atom stereocenters. The van der Waals surface area contributed by atoms with Crippen molar-refractivity contribution in [2.75, 3.05) is 6.54 Å². The summed E-state index contributed by atoms with van der Waals surface area (Å²) in [6.45, 7) is 0.995. The van der Waals surface area contributed by atoms with E-state index in [9.17, 15) is 4.79 Å². The maximum atomic E-state index is 11.9. The Morgan fingerprint density at radius 1 is 1.62 bits per heavy atom. The summed E-state index contributed by atoms with van der Waals surface area (Å²) in [4.78, 5) is 12.4. The predicted octanol–water partition coefficient (Wildman–Crippen LogP) is 1.18. The molecule has 0 spiro atoms.